The molecule has 0 atom stereocenters. The van der Waals surface area contributed by atoms with Crippen molar-refractivity contribution >= 4 is 45.0 Å². The van der Waals surface area contributed by atoms with E-state index in [1.807, 2.05) is 0 Å². The zero-order valence-corrected chi connectivity index (χ0v) is 18.5. The molecule has 31 heavy (non-hydrogen) atoms. The lowest BCUT2D eigenvalue weighted by Gasteiger charge is -2.20. The second-order valence-corrected chi connectivity index (χ2v) is 9.52. The number of anilines is 1. The highest BCUT2D eigenvalue weighted by molar-refractivity contribution is 7.89. The van der Waals surface area contributed by atoms with Crippen molar-refractivity contribution in [3.63, 3.8) is 0 Å². The van der Waals surface area contributed by atoms with Gasteiger partial charge >= 0.3 is 0 Å². The highest BCUT2D eigenvalue weighted by Gasteiger charge is 2.24. The van der Waals surface area contributed by atoms with Crippen LogP contribution < -0.4 is 10.6 Å². The van der Waals surface area contributed by atoms with E-state index in [0.717, 1.165) is 25.7 Å². The number of rotatable bonds is 5. The molecule has 2 aromatic carbocycles. The van der Waals surface area contributed by atoms with Crippen molar-refractivity contribution in [3.8, 4) is 0 Å². The van der Waals surface area contributed by atoms with Crippen LogP contribution in [0.15, 0.2) is 59.5 Å². The van der Waals surface area contributed by atoms with Crippen LogP contribution in [0.3, 0.4) is 0 Å². The van der Waals surface area contributed by atoms with Crippen molar-refractivity contribution in [2.45, 2.75) is 30.6 Å². The molecule has 0 aromatic heterocycles. The van der Waals surface area contributed by atoms with E-state index in [1.54, 1.807) is 34.6 Å². The lowest BCUT2D eigenvalue weighted by atomic mass is 10.2. The second kappa shape index (κ2) is 10.6. The van der Waals surface area contributed by atoms with Crippen molar-refractivity contribution in [3.05, 3.63) is 66.0 Å². The van der Waals surface area contributed by atoms with Crippen LogP contribution in [0.4, 0.5) is 10.1 Å². The van der Waals surface area contributed by atoms with E-state index in [0.29, 0.717) is 24.3 Å². The van der Waals surface area contributed by atoms with Crippen LogP contribution in [0.5, 0.6) is 0 Å². The SMILES string of the molecule is O=C(C=Cc1ccc(F)cc1)NC(=S)Nc1ccc(S(=O)(=O)N2CCCCCC2)cc1. The summed E-state index contributed by atoms with van der Waals surface area (Å²) in [6.45, 7) is 1.09. The highest BCUT2D eigenvalue weighted by Crippen LogP contribution is 2.21. The number of nitrogens with zero attached hydrogens (tertiary/aromatic N) is 1. The van der Waals surface area contributed by atoms with Crippen LogP contribution in [-0.2, 0) is 14.8 Å². The van der Waals surface area contributed by atoms with E-state index < -0.39 is 15.9 Å². The molecule has 2 aromatic rings. The Morgan fingerprint density at radius 3 is 2.19 bits per heavy atom. The summed E-state index contributed by atoms with van der Waals surface area (Å²) in [5, 5.41) is 5.44. The zero-order valence-electron chi connectivity index (χ0n) is 16.9. The van der Waals surface area contributed by atoms with Crippen LogP contribution in [0, 0.1) is 5.82 Å². The fraction of sp³-hybridized carbons (Fsp3) is 0.273. The highest BCUT2D eigenvalue weighted by atomic mass is 32.2. The smallest absolute Gasteiger partial charge is 0.250 e. The maximum absolute atomic E-state index is 12.9. The number of benzene rings is 2. The van der Waals surface area contributed by atoms with E-state index >= 15 is 0 Å². The first-order valence-corrected chi connectivity index (χ1v) is 11.9. The number of carbonyl (C=O) groups is 1. The number of sulfonamides is 1. The molecule has 3 rings (SSSR count). The van der Waals surface area contributed by atoms with Gasteiger partial charge in [-0.25, -0.2) is 12.8 Å². The summed E-state index contributed by atoms with van der Waals surface area (Å²) in [5.41, 5.74) is 1.24. The van der Waals surface area contributed by atoms with Crippen LogP contribution in [0.2, 0.25) is 0 Å². The fourth-order valence-electron chi connectivity index (χ4n) is 3.20. The van der Waals surface area contributed by atoms with Crippen molar-refractivity contribution in [1.82, 2.24) is 9.62 Å². The Balaban J connectivity index is 1.55. The molecule has 6 nitrogen and oxygen atoms in total. The first-order valence-electron chi connectivity index (χ1n) is 10.0. The first-order chi connectivity index (χ1) is 14.8. The summed E-state index contributed by atoms with van der Waals surface area (Å²) in [6, 6.07) is 12.0. The minimum absolute atomic E-state index is 0.0804. The average Bonchev–Trinajstić information content (AvgIpc) is 3.04. The van der Waals surface area contributed by atoms with Crippen molar-refractivity contribution in [1.29, 1.82) is 0 Å². The summed E-state index contributed by atoms with van der Waals surface area (Å²) >= 11 is 5.13. The van der Waals surface area contributed by atoms with Gasteiger partial charge in [-0.1, -0.05) is 25.0 Å². The molecule has 1 amide bonds. The van der Waals surface area contributed by atoms with Crippen molar-refractivity contribution < 1.29 is 17.6 Å². The standard InChI is InChI=1S/C22H24FN3O3S2/c23-18-8-5-17(6-9-18)7-14-21(27)25-22(30)24-19-10-12-20(13-11-19)31(28,29)26-15-3-1-2-4-16-26/h5-14H,1-4,15-16H2,(H2,24,25,27,30). The van der Waals surface area contributed by atoms with Gasteiger partial charge in [-0.2, -0.15) is 4.31 Å². The van der Waals surface area contributed by atoms with E-state index in [4.69, 9.17) is 12.2 Å². The topological polar surface area (TPSA) is 78.5 Å². The Bertz CT molecular complexity index is 1040. The molecule has 0 unspecified atom stereocenters. The van der Waals surface area contributed by atoms with E-state index in [-0.39, 0.29) is 15.8 Å². The van der Waals surface area contributed by atoms with Gasteiger partial charge in [0.25, 0.3) is 0 Å². The zero-order chi connectivity index (χ0) is 22.3. The molecule has 0 aliphatic carbocycles. The van der Waals surface area contributed by atoms with E-state index in [1.165, 1.54) is 30.3 Å². The van der Waals surface area contributed by atoms with Gasteiger partial charge in [0.15, 0.2) is 5.11 Å². The van der Waals surface area contributed by atoms with Gasteiger partial charge < -0.3 is 5.32 Å². The second-order valence-electron chi connectivity index (χ2n) is 7.17. The number of hydrogen-bond acceptors (Lipinski definition) is 4. The Morgan fingerprint density at radius 2 is 1.58 bits per heavy atom. The number of nitrogens with one attached hydrogen (secondary N) is 2. The average molecular weight is 462 g/mol. The van der Waals surface area contributed by atoms with Gasteiger partial charge in [0, 0.05) is 24.9 Å². The third-order valence-electron chi connectivity index (χ3n) is 4.85. The maximum atomic E-state index is 12.9. The molecule has 164 valence electrons. The summed E-state index contributed by atoms with van der Waals surface area (Å²) in [5.74, 6) is -0.792. The predicted molar refractivity (Wildman–Crippen MR) is 123 cm³/mol. The number of carbonyl (C=O) groups excluding carboxylic acids is 1. The third-order valence-corrected chi connectivity index (χ3v) is 6.97. The normalized spacial score (nSPS) is 15.4. The quantitative estimate of drug-likeness (QED) is 0.521. The lowest BCUT2D eigenvalue weighted by Crippen LogP contribution is -2.33. The molecule has 1 heterocycles. The Kier molecular flexibility index (Phi) is 7.89. The van der Waals surface area contributed by atoms with Crippen LogP contribution >= 0.6 is 12.2 Å². The molecule has 0 bridgehead atoms. The van der Waals surface area contributed by atoms with Gasteiger partial charge in [0.2, 0.25) is 15.9 Å². The molecule has 1 fully saturated rings. The van der Waals surface area contributed by atoms with Gasteiger partial charge in [-0.3, -0.25) is 10.1 Å². The Hall–Kier alpha value is -2.62. The van der Waals surface area contributed by atoms with Gasteiger partial charge in [-0.15, -0.1) is 0 Å². The molecule has 0 radical (unpaired) electrons. The molecular weight excluding hydrogens is 437 g/mol. The fourth-order valence-corrected chi connectivity index (χ4v) is 4.94. The Morgan fingerprint density at radius 1 is 0.968 bits per heavy atom. The van der Waals surface area contributed by atoms with Crippen molar-refractivity contribution in [2.75, 3.05) is 18.4 Å². The molecule has 9 heteroatoms. The summed E-state index contributed by atoms with van der Waals surface area (Å²) in [7, 11) is -3.52. The summed E-state index contributed by atoms with van der Waals surface area (Å²) in [4.78, 5) is 12.2. The van der Waals surface area contributed by atoms with Crippen LogP contribution in [0.1, 0.15) is 31.2 Å². The molecule has 0 saturated carbocycles. The molecule has 1 saturated heterocycles. The molecule has 1 aliphatic heterocycles. The number of thiocarbonyl (C=S) groups is 1. The van der Waals surface area contributed by atoms with Crippen LogP contribution in [-0.4, -0.2) is 36.8 Å². The van der Waals surface area contributed by atoms with Gasteiger partial charge in [-0.05, 0) is 73.1 Å². The third kappa shape index (κ3) is 6.68. The van der Waals surface area contributed by atoms with Crippen molar-refractivity contribution in [2.24, 2.45) is 0 Å². The van der Waals surface area contributed by atoms with Gasteiger partial charge in [0.1, 0.15) is 5.82 Å². The Labute approximate surface area is 187 Å². The maximum Gasteiger partial charge on any atom is 0.250 e. The molecular formula is C22H24FN3O3S2. The molecule has 0 spiro atoms. The molecule has 1 aliphatic rings. The van der Waals surface area contributed by atoms with Crippen LogP contribution in [0.25, 0.3) is 6.08 Å². The largest absolute Gasteiger partial charge is 0.332 e. The van der Waals surface area contributed by atoms with E-state index in [2.05, 4.69) is 10.6 Å². The van der Waals surface area contributed by atoms with Gasteiger partial charge in [0.05, 0.1) is 4.90 Å². The number of amides is 1. The predicted octanol–water partition coefficient (Wildman–Crippen LogP) is 3.92. The first kappa shape index (κ1) is 23.1. The minimum Gasteiger partial charge on any atom is -0.332 e. The number of hydrogen-bond donors (Lipinski definition) is 2. The summed E-state index contributed by atoms with van der Waals surface area (Å²) < 4.78 is 40.1. The number of halogens is 1. The van der Waals surface area contributed by atoms with E-state index in [9.17, 15) is 17.6 Å². The minimum atomic E-state index is -3.52. The monoisotopic (exact) mass is 461 g/mol. The lowest BCUT2D eigenvalue weighted by molar-refractivity contribution is -0.115. The summed E-state index contributed by atoms with van der Waals surface area (Å²) in [6.07, 6.45) is 6.69. The molecule has 2 N–H and O–H groups in total.